The van der Waals surface area contributed by atoms with Gasteiger partial charge in [-0.25, -0.2) is 4.98 Å². The number of hydrogen-bond acceptors (Lipinski definition) is 3. The van der Waals surface area contributed by atoms with Crippen LogP contribution in [0.15, 0.2) is 24.4 Å². The Morgan fingerprint density at radius 3 is 2.62 bits per heavy atom. The van der Waals surface area contributed by atoms with Crippen molar-refractivity contribution in [2.45, 2.75) is 6.18 Å². The van der Waals surface area contributed by atoms with Crippen LogP contribution >= 0.6 is 0 Å². The van der Waals surface area contributed by atoms with Crippen LogP contribution < -0.4 is 0 Å². The minimum Gasteiger partial charge on any atom is -0.378 e. The first-order chi connectivity index (χ1) is 9.98. The maximum atomic E-state index is 13.1. The second-order valence-electron chi connectivity index (χ2n) is 4.64. The summed E-state index contributed by atoms with van der Waals surface area (Å²) in [6.07, 6.45) is -3.27. The molecule has 3 rings (SSSR count). The average molecular weight is 299 g/mol. The second kappa shape index (κ2) is 5.03. The van der Waals surface area contributed by atoms with E-state index >= 15 is 0 Å². The normalized spacial score (nSPS) is 16.4. The molecule has 0 saturated carbocycles. The quantitative estimate of drug-likeness (QED) is 0.807. The Hall–Kier alpha value is -2.09. The van der Waals surface area contributed by atoms with Gasteiger partial charge in [0, 0.05) is 19.3 Å². The number of nitrogens with zero attached hydrogens (tertiary/aromatic N) is 3. The van der Waals surface area contributed by atoms with E-state index in [1.807, 2.05) is 0 Å². The fourth-order valence-corrected chi connectivity index (χ4v) is 2.31. The molecule has 112 valence electrons. The van der Waals surface area contributed by atoms with Gasteiger partial charge >= 0.3 is 6.18 Å². The number of imidazole rings is 1. The molecule has 1 aliphatic heterocycles. The van der Waals surface area contributed by atoms with Crippen LogP contribution in [-0.2, 0) is 10.9 Å². The molecule has 0 aliphatic carbocycles. The third-order valence-corrected chi connectivity index (χ3v) is 3.30. The molecule has 0 radical (unpaired) electrons. The maximum absolute atomic E-state index is 13.1. The van der Waals surface area contributed by atoms with Crippen LogP contribution in [0, 0.1) is 0 Å². The summed E-state index contributed by atoms with van der Waals surface area (Å²) in [7, 11) is 0. The van der Waals surface area contributed by atoms with Crippen LogP contribution in [0.3, 0.4) is 0 Å². The standard InChI is InChI=1S/C13H12F3N3O2/c14-13(15,16)11-10(12(20)18-5-7-21-8-6-18)19-4-2-1-3-9(19)17-11/h1-4H,5-8H2. The van der Waals surface area contributed by atoms with Gasteiger partial charge in [0.05, 0.1) is 13.2 Å². The highest BCUT2D eigenvalue weighted by atomic mass is 19.4. The van der Waals surface area contributed by atoms with Crippen LogP contribution in [0.25, 0.3) is 5.65 Å². The van der Waals surface area contributed by atoms with Crippen molar-refractivity contribution in [2.75, 3.05) is 26.3 Å². The van der Waals surface area contributed by atoms with Crippen molar-refractivity contribution in [3.8, 4) is 0 Å². The summed E-state index contributed by atoms with van der Waals surface area (Å²) < 4.78 is 45.7. The SMILES string of the molecule is O=C(c1c(C(F)(F)F)nc2ccccn12)N1CCOCC1. The van der Waals surface area contributed by atoms with Crippen molar-refractivity contribution >= 4 is 11.6 Å². The van der Waals surface area contributed by atoms with Gasteiger partial charge in [-0.15, -0.1) is 0 Å². The Labute approximate surface area is 117 Å². The molecular weight excluding hydrogens is 287 g/mol. The topological polar surface area (TPSA) is 46.8 Å². The van der Waals surface area contributed by atoms with Gasteiger partial charge in [-0.2, -0.15) is 13.2 Å². The Balaban J connectivity index is 2.12. The molecular formula is C13H12F3N3O2. The Morgan fingerprint density at radius 2 is 1.95 bits per heavy atom. The third-order valence-electron chi connectivity index (χ3n) is 3.30. The number of pyridine rings is 1. The zero-order valence-electron chi connectivity index (χ0n) is 10.9. The zero-order valence-corrected chi connectivity index (χ0v) is 10.9. The molecule has 8 heteroatoms. The van der Waals surface area contributed by atoms with Gasteiger partial charge in [0.25, 0.3) is 5.91 Å². The van der Waals surface area contributed by atoms with E-state index in [1.54, 1.807) is 12.1 Å². The fraction of sp³-hybridized carbons (Fsp3) is 0.385. The number of carbonyl (C=O) groups is 1. The van der Waals surface area contributed by atoms with Crippen molar-refractivity contribution in [3.63, 3.8) is 0 Å². The molecule has 2 aromatic rings. The second-order valence-corrected chi connectivity index (χ2v) is 4.64. The number of alkyl halides is 3. The number of hydrogen-bond donors (Lipinski definition) is 0. The van der Waals surface area contributed by atoms with Gasteiger partial charge in [0.2, 0.25) is 0 Å². The predicted molar refractivity (Wildman–Crippen MR) is 66.9 cm³/mol. The Morgan fingerprint density at radius 1 is 1.24 bits per heavy atom. The summed E-state index contributed by atoms with van der Waals surface area (Å²) in [5, 5.41) is 0. The lowest BCUT2D eigenvalue weighted by molar-refractivity contribution is -0.141. The van der Waals surface area contributed by atoms with Crippen LogP contribution in [0.5, 0.6) is 0 Å². The average Bonchev–Trinajstić information content (AvgIpc) is 2.87. The van der Waals surface area contributed by atoms with E-state index in [4.69, 9.17) is 4.74 Å². The molecule has 0 spiro atoms. The third kappa shape index (κ3) is 2.46. The highest BCUT2D eigenvalue weighted by Crippen LogP contribution is 2.32. The smallest absolute Gasteiger partial charge is 0.378 e. The highest BCUT2D eigenvalue weighted by Gasteiger charge is 2.41. The molecule has 0 bridgehead atoms. The highest BCUT2D eigenvalue weighted by molar-refractivity contribution is 5.95. The Kier molecular flexibility index (Phi) is 3.32. The van der Waals surface area contributed by atoms with Crippen LogP contribution in [0.4, 0.5) is 13.2 Å². The molecule has 1 fully saturated rings. The zero-order chi connectivity index (χ0) is 15.0. The summed E-state index contributed by atoms with van der Waals surface area (Å²) in [6, 6.07) is 4.57. The molecule has 0 aromatic carbocycles. The summed E-state index contributed by atoms with van der Waals surface area (Å²) >= 11 is 0. The number of amides is 1. The van der Waals surface area contributed by atoms with Gasteiger partial charge in [0.15, 0.2) is 5.69 Å². The predicted octanol–water partition coefficient (Wildman–Crippen LogP) is 1.83. The van der Waals surface area contributed by atoms with Gasteiger partial charge < -0.3 is 9.64 Å². The largest absolute Gasteiger partial charge is 0.435 e. The number of halogens is 3. The summed E-state index contributed by atoms with van der Waals surface area (Å²) in [4.78, 5) is 17.4. The lowest BCUT2D eigenvalue weighted by atomic mass is 10.2. The van der Waals surface area contributed by atoms with Crippen LogP contribution in [-0.4, -0.2) is 46.5 Å². The monoisotopic (exact) mass is 299 g/mol. The van der Waals surface area contributed by atoms with Gasteiger partial charge in [-0.05, 0) is 12.1 Å². The lowest BCUT2D eigenvalue weighted by Crippen LogP contribution is -2.41. The van der Waals surface area contributed by atoms with E-state index in [-0.39, 0.29) is 18.7 Å². The molecule has 0 atom stereocenters. The lowest BCUT2D eigenvalue weighted by Gasteiger charge is -2.27. The van der Waals surface area contributed by atoms with E-state index < -0.39 is 23.5 Å². The van der Waals surface area contributed by atoms with Crippen molar-refractivity contribution in [2.24, 2.45) is 0 Å². The molecule has 0 unspecified atom stereocenters. The first-order valence-electron chi connectivity index (χ1n) is 6.40. The van der Waals surface area contributed by atoms with Crippen LogP contribution in [0.1, 0.15) is 16.2 Å². The van der Waals surface area contributed by atoms with Gasteiger partial charge in [-0.3, -0.25) is 9.20 Å². The molecule has 3 heterocycles. The number of fused-ring (bicyclic) bond motifs is 1. The molecule has 2 aromatic heterocycles. The first kappa shape index (κ1) is 13.9. The summed E-state index contributed by atoms with van der Waals surface area (Å²) in [5.41, 5.74) is -1.49. The van der Waals surface area contributed by atoms with E-state index in [9.17, 15) is 18.0 Å². The van der Waals surface area contributed by atoms with Crippen molar-refractivity contribution in [1.82, 2.24) is 14.3 Å². The number of morpholine rings is 1. The van der Waals surface area contributed by atoms with Gasteiger partial charge in [0.1, 0.15) is 11.3 Å². The minimum atomic E-state index is -4.68. The number of carbonyl (C=O) groups excluding carboxylic acids is 1. The van der Waals surface area contributed by atoms with Crippen molar-refractivity contribution in [3.05, 3.63) is 35.8 Å². The number of aromatic nitrogens is 2. The molecule has 21 heavy (non-hydrogen) atoms. The molecule has 5 nitrogen and oxygen atoms in total. The molecule has 0 N–H and O–H groups in total. The summed E-state index contributed by atoms with van der Waals surface area (Å²) in [5.74, 6) is -0.677. The van der Waals surface area contributed by atoms with Gasteiger partial charge in [-0.1, -0.05) is 6.07 Å². The van der Waals surface area contributed by atoms with E-state index in [0.29, 0.717) is 13.2 Å². The number of ether oxygens (including phenoxy) is 1. The fourth-order valence-electron chi connectivity index (χ4n) is 2.31. The molecule has 1 saturated heterocycles. The van der Waals surface area contributed by atoms with E-state index in [0.717, 1.165) is 0 Å². The minimum absolute atomic E-state index is 0.0986. The molecule has 1 aliphatic rings. The molecule has 1 amide bonds. The maximum Gasteiger partial charge on any atom is 0.435 e. The van der Waals surface area contributed by atoms with E-state index in [2.05, 4.69) is 4.98 Å². The van der Waals surface area contributed by atoms with Crippen molar-refractivity contribution < 1.29 is 22.7 Å². The first-order valence-corrected chi connectivity index (χ1v) is 6.40. The van der Waals surface area contributed by atoms with E-state index in [1.165, 1.54) is 21.6 Å². The number of rotatable bonds is 1. The summed E-state index contributed by atoms with van der Waals surface area (Å²) in [6.45, 7) is 1.19. The van der Waals surface area contributed by atoms with Crippen LogP contribution in [0.2, 0.25) is 0 Å². The van der Waals surface area contributed by atoms with Crippen molar-refractivity contribution in [1.29, 1.82) is 0 Å². The Bertz CT molecular complexity index is 675.